The lowest BCUT2D eigenvalue weighted by atomic mass is 10.1. The molecular weight excluding hydrogens is 314 g/mol. The molecular formula is C14H11BrClNO. The van der Waals surface area contributed by atoms with E-state index < -0.39 is 0 Å². The largest absolute Gasteiger partial charge is 0.289 e. The Morgan fingerprint density at radius 1 is 1.11 bits per heavy atom. The van der Waals surface area contributed by atoms with Crippen molar-refractivity contribution in [2.24, 2.45) is 0 Å². The molecule has 0 saturated carbocycles. The van der Waals surface area contributed by atoms with E-state index in [4.69, 9.17) is 0 Å². The molecule has 1 aromatic carbocycles. The number of nitrogens with zero attached hydrogens (tertiary/aromatic N) is 1. The first kappa shape index (κ1) is 14.6. The van der Waals surface area contributed by atoms with Crippen molar-refractivity contribution in [2.75, 3.05) is 0 Å². The standard InChI is InChI=1S/C14H10BrNO.ClH/c15-12-6-4-11(5-7-12)14(17)9-8-13-3-1-2-10-16-13;/h1-10H;1H. The summed E-state index contributed by atoms with van der Waals surface area (Å²) < 4.78 is 0.961. The van der Waals surface area contributed by atoms with Crippen molar-refractivity contribution in [3.8, 4) is 0 Å². The first-order valence-electron chi connectivity index (χ1n) is 5.15. The van der Waals surface area contributed by atoms with Gasteiger partial charge in [-0.15, -0.1) is 12.4 Å². The highest BCUT2D eigenvalue weighted by Crippen LogP contribution is 2.11. The van der Waals surface area contributed by atoms with Gasteiger partial charge in [-0.1, -0.05) is 22.0 Å². The number of allylic oxidation sites excluding steroid dienone is 1. The average Bonchev–Trinajstić information content (AvgIpc) is 2.38. The average molecular weight is 325 g/mol. The Kier molecular flexibility index (Phi) is 5.75. The summed E-state index contributed by atoms with van der Waals surface area (Å²) in [5.74, 6) is -0.0249. The molecule has 0 radical (unpaired) electrons. The van der Waals surface area contributed by atoms with E-state index in [0.29, 0.717) is 5.56 Å². The van der Waals surface area contributed by atoms with Gasteiger partial charge in [0.05, 0.1) is 5.69 Å². The van der Waals surface area contributed by atoms with Crippen LogP contribution in [0.2, 0.25) is 0 Å². The first-order chi connectivity index (χ1) is 8.25. The molecule has 0 N–H and O–H groups in total. The number of carbonyl (C=O) groups is 1. The van der Waals surface area contributed by atoms with E-state index in [0.717, 1.165) is 10.2 Å². The van der Waals surface area contributed by atoms with Gasteiger partial charge >= 0.3 is 0 Å². The SMILES string of the molecule is Cl.O=C(C=Cc1ccccn1)c1ccc(Br)cc1. The maximum Gasteiger partial charge on any atom is 0.185 e. The van der Waals surface area contributed by atoms with E-state index in [1.165, 1.54) is 6.08 Å². The number of pyridine rings is 1. The Labute approximate surface area is 120 Å². The van der Waals surface area contributed by atoms with Crippen LogP contribution < -0.4 is 0 Å². The molecule has 0 atom stereocenters. The van der Waals surface area contributed by atoms with Crippen LogP contribution in [0.25, 0.3) is 6.08 Å². The highest BCUT2D eigenvalue weighted by Gasteiger charge is 2.00. The van der Waals surface area contributed by atoms with E-state index >= 15 is 0 Å². The molecule has 1 heterocycles. The Morgan fingerprint density at radius 3 is 2.44 bits per heavy atom. The zero-order valence-electron chi connectivity index (χ0n) is 9.42. The van der Waals surface area contributed by atoms with Crippen LogP contribution in [0.15, 0.2) is 59.2 Å². The van der Waals surface area contributed by atoms with Crippen LogP contribution in [0, 0.1) is 0 Å². The maximum atomic E-state index is 11.8. The minimum absolute atomic E-state index is 0. The summed E-state index contributed by atoms with van der Waals surface area (Å²) in [6.45, 7) is 0. The van der Waals surface area contributed by atoms with Crippen molar-refractivity contribution in [3.63, 3.8) is 0 Å². The zero-order chi connectivity index (χ0) is 12.1. The predicted octanol–water partition coefficient (Wildman–Crippen LogP) is 4.16. The van der Waals surface area contributed by atoms with E-state index in [-0.39, 0.29) is 18.2 Å². The van der Waals surface area contributed by atoms with Crippen LogP contribution >= 0.6 is 28.3 Å². The van der Waals surface area contributed by atoms with Crippen LogP contribution in [0.1, 0.15) is 16.1 Å². The fraction of sp³-hybridized carbons (Fsp3) is 0. The van der Waals surface area contributed by atoms with E-state index in [1.807, 2.05) is 30.3 Å². The van der Waals surface area contributed by atoms with Crippen molar-refractivity contribution >= 4 is 40.2 Å². The number of benzene rings is 1. The van der Waals surface area contributed by atoms with Crippen molar-refractivity contribution < 1.29 is 4.79 Å². The zero-order valence-corrected chi connectivity index (χ0v) is 11.8. The molecule has 0 bridgehead atoms. The Morgan fingerprint density at radius 2 is 1.83 bits per heavy atom. The molecule has 1 aromatic heterocycles. The highest BCUT2D eigenvalue weighted by atomic mass is 79.9. The first-order valence-corrected chi connectivity index (χ1v) is 5.94. The van der Waals surface area contributed by atoms with Crippen LogP contribution in [0.4, 0.5) is 0 Å². The molecule has 18 heavy (non-hydrogen) atoms. The minimum Gasteiger partial charge on any atom is -0.289 e. The molecule has 0 fully saturated rings. The van der Waals surface area contributed by atoms with Gasteiger partial charge in [-0.3, -0.25) is 9.78 Å². The molecule has 2 rings (SSSR count). The molecule has 0 aliphatic heterocycles. The third-order valence-electron chi connectivity index (χ3n) is 2.22. The van der Waals surface area contributed by atoms with Crippen LogP contribution in [-0.4, -0.2) is 10.8 Å². The fourth-order valence-electron chi connectivity index (χ4n) is 1.35. The highest BCUT2D eigenvalue weighted by molar-refractivity contribution is 9.10. The molecule has 0 unspecified atom stereocenters. The second-order valence-corrected chi connectivity index (χ2v) is 4.37. The third kappa shape index (κ3) is 4.09. The predicted molar refractivity (Wildman–Crippen MR) is 79.0 cm³/mol. The monoisotopic (exact) mass is 323 g/mol. The molecule has 92 valence electrons. The molecule has 2 nitrogen and oxygen atoms in total. The lowest BCUT2D eigenvalue weighted by Crippen LogP contribution is -1.93. The smallest absolute Gasteiger partial charge is 0.185 e. The number of hydrogen-bond acceptors (Lipinski definition) is 2. The second kappa shape index (κ2) is 7.09. The quantitative estimate of drug-likeness (QED) is 0.627. The van der Waals surface area contributed by atoms with Crippen molar-refractivity contribution in [1.29, 1.82) is 0 Å². The van der Waals surface area contributed by atoms with Crippen molar-refractivity contribution in [3.05, 3.63) is 70.5 Å². The summed E-state index contributed by atoms with van der Waals surface area (Å²) >= 11 is 3.33. The van der Waals surface area contributed by atoms with Crippen molar-refractivity contribution in [2.45, 2.75) is 0 Å². The second-order valence-electron chi connectivity index (χ2n) is 3.46. The summed E-state index contributed by atoms with van der Waals surface area (Å²) in [6, 6.07) is 12.9. The molecule has 4 heteroatoms. The summed E-state index contributed by atoms with van der Waals surface area (Å²) in [6.07, 6.45) is 4.94. The molecule has 0 aliphatic carbocycles. The molecule has 0 aliphatic rings. The van der Waals surface area contributed by atoms with Gasteiger partial charge in [0.15, 0.2) is 5.78 Å². The summed E-state index contributed by atoms with van der Waals surface area (Å²) in [5, 5.41) is 0. The Bertz CT molecular complexity index is 537. The summed E-state index contributed by atoms with van der Waals surface area (Å²) in [4.78, 5) is 15.9. The number of rotatable bonds is 3. The van der Waals surface area contributed by atoms with Crippen LogP contribution in [-0.2, 0) is 0 Å². The fourth-order valence-corrected chi connectivity index (χ4v) is 1.61. The van der Waals surface area contributed by atoms with Gasteiger partial charge in [-0.05, 0) is 48.6 Å². The van der Waals surface area contributed by atoms with Gasteiger partial charge in [-0.2, -0.15) is 0 Å². The Hall–Kier alpha value is -1.45. The van der Waals surface area contributed by atoms with Crippen LogP contribution in [0.5, 0.6) is 0 Å². The van der Waals surface area contributed by atoms with Crippen LogP contribution in [0.3, 0.4) is 0 Å². The van der Waals surface area contributed by atoms with Crippen molar-refractivity contribution in [1.82, 2.24) is 4.98 Å². The van der Waals surface area contributed by atoms with Gasteiger partial charge in [0.2, 0.25) is 0 Å². The van der Waals surface area contributed by atoms with E-state index in [2.05, 4.69) is 20.9 Å². The molecule has 0 spiro atoms. The van der Waals surface area contributed by atoms with E-state index in [1.54, 1.807) is 24.4 Å². The minimum atomic E-state index is -0.0249. The van der Waals surface area contributed by atoms with Gasteiger partial charge in [-0.25, -0.2) is 0 Å². The normalized spacial score (nSPS) is 10.1. The number of halogens is 2. The van der Waals surface area contributed by atoms with Gasteiger partial charge in [0, 0.05) is 16.2 Å². The number of carbonyl (C=O) groups excluding carboxylic acids is 1. The lowest BCUT2D eigenvalue weighted by Gasteiger charge is -1.95. The topological polar surface area (TPSA) is 30.0 Å². The third-order valence-corrected chi connectivity index (χ3v) is 2.75. The molecule has 2 aromatic rings. The number of ketones is 1. The van der Waals surface area contributed by atoms with E-state index in [9.17, 15) is 4.79 Å². The van der Waals surface area contributed by atoms with Gasteiger partial charge in [0.1, 0.15) is 0 Å². The van der Waals surface area contributed by atoms with Gasteiger partial charge in [0.25, 0.3) is 0 Å². The number of hydrogen-bond donors (Lipinski definition) is 0. The maximum absolute atomic E-state index is 11.8. The van der Waals surface area contributed by atoms with Gasteiger partial charge < -0.3 is 0 Å². The lowest BCUT2D eigenvalue weighted by molar-refractivity contribution is 0.104. The molecule has 0 saturated heterocycles. The summed E-state index contributed by atoms with van der Waals surface area (Å²) in [7, 11) is 0. The molecule has 0 amide bonds. The number of aromatic nitrogens is 1. The summed E-state index contributed by atoms with van der Waals surface area (Å²) in [5.41, 5.74) is 1.44. The Balaban J connectivity index is 0.00000162.